The number of ether oxygens (including phenoxy) is 1. The van der Waals surface area contributed by atoms with Crippen LogP contribution in [0, 0.1) is 0 Å². The molecular formula is C21H23ClN2O5. The van der Waals surface area contributed by atoms with Gasteiger partial charge in [0.2, 0.25) is 0 Å². The number of nitrogens with zero attached hydrogens (tertiary/aromatic N) is 1. The Morgan fingerprint density at radius 2 is 1.76 bits per heavy atom. The van der Waals surface area contributed by atoms with Gasteiger partial charge >= 0.3 is 5.97 Å². The Labute approximate surface area is 175 Å². The molecule has 0 radical (unpaired) electrons. The van der Waals surface area contributed by atoms with E-state index in [0.717, 1.165) is 5.57 Å². The summed E-state index contributed by atoms with van der Waals surface area (Å²) in [6.07, 6.45) is 5.11. The smallest absolute Gasteiger partial charge is 0.322 e. The van der Waals surface area contributed by atoms with Crippen LogP contribution in [0.15, 0.2) is 47.6 Å². The topological polar surface area (TPSA) is 107 Å². The highest BCUT2D eigenvalue weighted by Crippen LogP contribution is 2.25. The molecule has 2 N–H and O–H groups in total. The van der Waals surface area contributed by atoms with E-state index in [2.05, 4.69) is 4.74 Å². The van der Waals surface area contributed by atoms with Gasteiger partial charge in [0, 0.05) is 19.4 Å². The summed E-state index contributed by atoms with van der Waals surface area (Å²) in [5.41, 5.74) is 8.02. The molecule has 1 atom stereocenters. The Balaban J connectivity index is 0.00000300. The number of allylic oxidation sites excluding steroid dienone is 3. The van der Waals surface area contributed by atoms with Gasteiger partial charge in [0.05, 0.1) is 18.2 Å². The largest absolute Gasteiger partial charge is 0.468 e. The highest BCUT2D eigenvalue weighted by Gasteiger charge is 2.34. The van der Waals surface area contributed by atoms with Crippen LogP contribution in [-0.4, -0.2) is 48.2 Å². The normalized spacial score (nSPS) is 16.6. The highest BCUT2D eigenvalue weighted by molar-refractivity contribution is 6.21. The van der Waals surface area contributed by atoms with E-state index >= 15 is 0 Å². The van der Waals surface area contributed by atoms with E-state index in [0.29, 0.717) is 36.1 Å². The summed E-state index contributed by atoms with van der Waals surface area (Å²) >= 11 is 0. The Bertz CT molecular complexity index is 871. The molecule has 1 unspecified atom stereocenters. The predicted molar refractivity (Wildman–Crippen MR) is 109 cm³/mol. The lowest BCUT2D eigenvalue weighted by atomic mass is 9.91. The number of esters is 1. The third-order valence-corrected chi connectivity index (χ3v) is 4.97. The van der Waals surface area contributed by atoms with Crippen LogP contribution in [0.5, 0.6) is 0 Å². The van der Waals surface area contributed by atoms with E-state index in [-0.39, 0.29) is 42.8 Å². The minimum atomic E-state index is -0.857. The zero-order valence-electron chi connectivity index (χ0n) is 16.1. The number of halogens is 1. The summed E-state index contributed by atoms with van der Waals surface area (Å²) in [4.78, 5) is 49.6. The SMILES string of the molecule is COC(=O)C(N)CC1=CC=C(CCCN2C(=O)c3ccccc3C2=O)CC1=O.Cl. The number of rotatable bonds is 7. The second-order valence-corrected chi connectivity index (χ2v) is 6.86. The lowest BCUT2D eigenvalue weighted by molar-refractivity contribution is -0.142. The van der Waals surface area contributed by atoms with Gasteiger partial charge in [-0.2, -0.15) is 0 Å². The minimum absolute atomic E-state index is 0. The van der Waals surface area contributed by atoms with Crippen LogP contribution in [0.25, 0.3) is 0 Å². The monoisotopic (exact) mass is 418 g/mol. The molecule has 0 bridgehead atoms. The molecule has 1 aromatic rings. The van der Waals surface area contributed by atoms with E-state index in [9.17, 15) is 19.2 Å². The van der Waals surface area contributed by atoms with Crippen molar-refractivity contribution in [2.75, 3.05) is 13.7 Å². The Hall–Kier alpha value is -2.77. The third-order valence-electron chi connectivity index (χ3n) is 4.97. The fraction of sp³-hybridized carbons (Fsp3) is 0.333. The minimum Gasteiger partial charge on any atom is -0.468 e. The van der Waals surface area contributed by atoms with Crippen LogP contribution in [0.3, 0.4) is 0 Å². The van der Waals surface area contributed by atoms with Crippen LogP contribution in [0.2, 0.25) is 0 Å². The second-order valence-electron chi connectivity index (χ2n) is 6.86. The van der Waals surface area contributed by atoms with Crippen LogP contribution < -0.4 is 5.73 Å². The van der Waals surface area contributed by atoms with Crippen LogP contribution in [-0.2, 0) is 14.3 Å². The number of imide groups is 1. The first-order chi connectivity index (χ1) is 13.4. The van der Waals surface area contributed by atoms with E-state index < -0.39 is 12.0 Å². The number of amides is 2. The highest BCUT2D eigenvalue weighted by atomic mass is 35.5. The number of benzene rings is 1. The maximum Gasteiger partial charge on any atom is 0.322 e. The molecule has 0 aromatic heterocycles. The summed E-state index contributed by atoms with van der Waals surface area (Å²) in [5, 5.41) is 0. The quantitative estimate of drug-likeness (QED) is 0.537. The fourth-order valence-corrected chi connectivity index (χ4v) is 3.42. The molecule has 2 amide bonds. The molecular weight excluding hydrogens is 396 g/mol. The van der Waals surface area contributed by atoms with Crippen LogP contribution in [0.1, 0.15) is 46.4 Å². The molecule has 0 spiro atoms. The second kappa shape index (κ2) is 9.62. The van der Waals surface area contributed by atoms with Gasteiger partial charge in [0.25, 0.3) is 11.8 Å². The molecule has 7 nitrogen and oxygen atoms in total. The third kappa shape index (κ3) is 4.81. The number of methoxy groups -OCH3 is 1. The molecule has 8 heteroatoms. The molecule has 3 rings (SSSR count). The molecule has 1 aromatic carbocycles. The molecule has 1 aliphatic carbocycles. The van der Waals surface area contributed by atoms with Crippen molar-refractivity contribution in [1.29, 1.82) is 0 Å². The Morgan fingerprint density at radius 3 is 2.31 bits per heavy atom. The van der Waals surface area contributed by atoms with Gasteiger partial charge in [-0.15, -0.1) is 12.4 Å². The molecule has 0 fully saturated rings. The number of Topliss-reactive ketones (excluding diaryl/α,β-unsaturated/α-hetero) is 1. The predicted octanol–water partition coefficient (Wildman–Crippen LogP) is 2.20. The molecule has 0 saturated carbocycles. The first kappa shape index (κ1) is 22.5. The molecule has 29 heavy (non-hydrogen) atoms. The number of ketones is 1. The summed E-state index contributed by atoms with van der Waals surface area (Å²) in [6, 6.07) is 5.93. The van der Waals surface area contributed by atoms with Gasteiger partial charge in [-0.3, -0.25) is 24.1 Å². The Kier molecular flexibility index (Phi) is 7.47. The van der Waals surface area contributed by atoms with Gasteiger partial charge in [-0.1, -0.05) is 29.9 Å². The van der Waals surface area contributed by atoms with Crippen molar-refractivity contribution in [2.24, 2.45) is 5.73 Å². The number of carbonyl (C=O) groups excluding carboxylic acids is 4. The molecule has 2 aliphatic rings. The average molecular weight is 419 g/mol. The maximum atomic E-state index is 12.3. The van der Waals surface area contributed by atoms with Crippen LogP contribution >= 0.6 is 12.4 Å². The average Bonchev–Trinajstić information content (AvgIpc) is 2.94. The molecule has 1 aliphatic heterocycles. The molecule has 1 heterocycles. The van der Waals surface area contributed by atoms with Crippen molar-refractivity contribution in [3.63, 3.8) is 0 Å². The summed E-state index contributed by atoms with van der Waals surface area (Å²) < 4.78 is 4.57. The zero-order chi connectivity index (χ0) is 20.3. The van der Waals surface area contributed by atoms with E-state index in [1.807, 2.05) is 6.08 Å². The summed E-state index contributed by atoms with van der Waals surface area (Å²) in [5.74, 6) is -1.16. The van der Waals surface area contributed by atoms with Crippen molar-refractivity contribution < 1.29 is 23.9 Å². The van der Waals surface area contributed by atoms with Crippen molar-refractivity contribution in [2.45, 2.75) is 31.7 Å². The van der Waals surface area contributed by atoms with Gasteiger partial charge in [-0.25, -0.2) is 0 Å². The molecule has 154 valence electrons. The first-order valence-corrected chi connectivity index (χ1v) is 9.12. The van der Waals surface area contributed by atoms with Crippen molar-refractivity contribution in [3.05, 3.63) is 58.7 Å². The van der Waals surface area contributed by atoms with Gasteiger partial charge < -0.3 is 10.5 Å². The number of fused-ring (bicyclic) bond motifs is 1. The number of carbonyl (C=O) groups is 4. The van der Waals surface area contributed by atoms with E-state index in [4.69, 9.17) is 5.73 Å². The number of nitrogens with two attached hydrogens (primary N) is 1. The maximum absolute atomic E-state index is 12.3. The standard InChI is InChI=1S/C21H22N2O5.ClH/c1-28-21(27)17(22)12-14-9-8-13(11-18(14)24)5-4-10-23-19(25)15-6-2-3-7-16(15)20(23)26;/h2-3,6-9,17H,4-5,10-12,22H2,1H3;1H. The van der Waals surface area contributed by atoms with E-state index in [1.54, 1.807) is 30.3 Å². The molecule has 0 saturated heterocycles. The summed E-state index contributed by atoms with van der Waals surface area (Å²) in [6.45, 7) is 0.307. The number of hydrogen-bond acceptors (Lipinski definition) is 6. The van der Waals surface area contributed by atoms with Crippen molar-refractivity contribution >= 4 is 36.0 Å². The zero-order valence-corrected chi connectivity index (χ0v) is 16.9. The van der Waals surface area contributed by atoms with Crippen molar-refractivity contribution in [3.8, 4) is 0 Å². The first-order valence-electron chi connectivity index (χ1n) is 9.12. The Morgan fingerprint density at radius 1 is 1.14 bits per heavy atom. The fourth-order valence-electron chi connectivity index (χ4n) is 3.42. The van der Waals surface area contributed by atoms with E-state index in [1.165, 1.54) is 12.0 Å². The summed E-state index contributed by atoms with van der Waals surface area (Å²) in [7, 11) is 1.26. The van der Waals surface area contributed by atoms with Gasteiger partial charge in [-0.05, 0) is 30.5 Å². The number of hydrogen-bond donors (Lipinski definition) is 1. The van der Waals surface area contributed by atoms with Crippen LogP contribution in [0.4, 0.5) is 0 Å². The van der Waals surface area contributed by atoms with Gasteiger partial charge in [0.15, 0.2) is 5.78 Å². The lowest BCUT2D eigenvalue weighted by Gasteiger charge is -2.17. The van der Waals surface area contributed by atoms with Crippen molar-refractivity contribution in [1.82, 2.24) is 4.90 Å². The van der Waals surface area contributed by atoms with Gasteiger partial charge in [0.1, 0.15) is 6.04 Å². The lowest BCUT2D eigenvalue weighted by Crippen LogP contribution is -2.33.